The third kappa shape index (κ3) is 3.99. The number of hydrogen-bond donors (Lipinski definition) is 1. The smallest absolute Gasteiger partial charge is 0.252 e. The third-order valence-corrected chi connectivity index (χ3v) is 5.58. The topological polar surface area (TPSA) is 68.9 Å². The lowest BCUT2D eigenvalue weighted by Crippen LogP contribution is -2.29. The van der Waals surface area contributed by atoms with Gasteiger partial charge in [-0.25, -0.2) is 4.68 Å². The Morgan fingerprint density at radius 1 is 1.00 bits per heavy atom. The number of nitrogens with one attached hydrogen (secondary N) is 1. The minimum atomic E-state index is -0.340. The van der Waals surface area contributed by atoms with E-state index in [-0.39, 0.29) is 18.0 Å². The zero-order valence-electron chi connectivity index (χ0n) is 17.9. The van der Waals surface area contributed by atoms with Gasteiger partial charge in [0.15, 0.2) is 0 Å². The van der Waals surface area contributed by atoms with Crippen molar-refractivity contribution in [3.8, 4) is 5.69 Å². The van der Waals surface area contributed by atoms with Crippen LogP contribution in [-0.4, -0.2) is 20.3 Å². The number of aromatic nitrogens is 3. The molecule has 0 saturated heterocycles. The summed E-state index contributed by atoms with van der Waals surface area (Å²) >= 11 is 6.25. The van der Waals surface area contributed by atoms with Crippen LogP contribution in [0, 0.1) is 27.7 Å². The molecule has 0 aliphatic heterocycles. The summed E-state index contributed by atoms with van der Waals surface area (Å²) in [6, 6.07) is 14.8. The lowest BCUT2D eigenvalue weighted by molar-refractivity contribution is -0.116. The number of carbonyl (C=O) groups is 1. The molecule has 2 aromatic carbocycles. The first-order valence-electron chi connectivity index (χ1n) is 9.97. The van der Waals surface area contributed by atoms with E-state index in [1.165, 1.54) is 4.57 Å². The van der Waals surface area contributed by atoms with Gasteiger partial charge in [-0.15, -0.1) is 0 Å². The summed E-state index contributed by atoms with van der Waals surface area (Å²) in [6.45, 7) is 7.57. The summed E-state index contributed by atoms with van der Waals surface area (Å²) in [5.74, 6) is -0.340. The second kappa shape index (κ2) is 8.04. The van der Waals surface area contributed by atoms with Crippen LogP contribution in [0.4, 0.5) is 5.69 Å². The molecular weight excluding hydrogens is 412 g/mol. The Bertz CT molecular complexity index is 1370. The summed E-state index contributed by atoms with van der Waals surface area (Å²) in [5, 5.41) is 8.79. The molecule has 0 atom stereocenters. The molecule has 0 spiro atoms. The predicted octanol–water partition coefficient (Wildman–Crippen LogP) is 4.71. The fourth-order valence-electron chi connectivity index (χ4n) is 3.74. The van der Waals surface area contributed by atoms with Gasteiger partial charge in [-0.05, 0) is 63.1 Å². The van der Waals surface area contributed by atoms with Gasteiger partial charge in [-0.2, -0.15) is 5.10 Å². The van der Waals surface area contributed by atoms with Crippen molar-refractivity contribution in [2.45, 2.75) is 34.2 Å². The molecule has 0 saturated carbocycles. The predicted molar refractivity (Wildman–Crippen MR) is 124 cm³/mol. The summed E-state index contributed by atoms with van der Waals surface area (Å²) in [6.07, 6.45) is 0. The van der Waals surface area contributed by atoms with Gasteiger partial charge in [0.25, 0.3) is 5.56 Å². The Balaban J connectivity index is 1.81. The lowest BCUT2D eigenvalue weighted by Gasteiger charge is -2.13. The van der Waals surface area contributed by atoms with Crippen molar-refractivity contribution in [1.82, 2.24) is 14.3 Å². The average Bonchev–Trinajstić information content (AvgIpc) is 3.05. The summed E-state index contributed by atoms with van der Waals surface area (Å²) in [7, 11) is 0. The van der Waals surface area contributed by atoms with Crippen molar-refractivity contribution >= 4 is 34.2 Å². The summed E-state index contributed by atoms with van der Waals surface area (Å²) in [4.78, 5) is 25.8. The van der Waals surface area contributed by atoms with Gasteiger partial charge in [0.1, 0.15) is 12.2 Å². The van der Waals surface area contributed by atoms with E-state index in [1.807, 2.05) is 58.0 Å². The van der Waals surface area contributed by atoms with Crippen molar-refractivity contribution in [2.75, 3.05) is 5.32 Å². The Morgan fingerprint density at radius 2 is 1.68 bits per heavy atom. The van der Waals surface area contributed by atoms with Crippen LogP contribution in [0.25, 0.3) is 16.7 Å². The zero-order valence-corrected chi connectivity index (χ0v) is 18.6. The summed E-state index contributed by atoms with van der Waals surface area (Å²) in [5.41, 5.74) is 5.41. The van der Waals surface area contributed by atoms with Gasteiger partial charge >= 0.3 is 0 Å². The minimum absolute atomic E-state index is 0.156. The van der Waals surface area contributed by atoms with E-state index in [9.17, 15) is 9.59 Å². The normalized spacial score (nSPS) is 11.1. The molecule has 0 aliphatic rings. The minimum Gasteiger partial charge on any atom is -0.323 e. The van der Waals surface area contributed by atoms with Gasteiger partial charge in [-0.3, -0.25) is 14.2 Å². The zero-order chi connectivity index (χ0) is 22.3. The van der Waals surface area contributed by atoms with Crippen molar-refractivity contribution in [3.05, 3.63) is 86.3 Å². The molecule has 1 N–H and O–H groups in total. The Morgan fingerprint density at radius 3 is 2.35 bits per heavy atom. The highest BCUT2D eigenvalue weighted by molar-refractivity contribution is 6.33. The molecule has 2 aromatic heterocycles. The Hall–Kier alpha value is -3.38. The first-order chi connectivity index (χ1) is 14.7. The fraction of sp³-hybridized carbons (Fsp3) is 0.208. The number of benzene rings is 2. The van der Waals surface area contributed by atoms with Crippen LogP contribution in [0.2, 0.25) is 5.02 Å². The van der Waals surface area contributed by atoms with Crippen molar-refractivity contribution in [2.24, 2.45) is 0 Å². The van der Waals surface area contributed by atoms with E-state index in [2.05, 4.69) is 10.4 Å². The highest BCUT2D eigenvalue weighted by Crippen LogP contribution is 2.25. The second-order valence-electron chi connectivity index (χ2n) is 7.81. The molecule has 6 nitrogen and oxygen atoms in total. The number of hydrogen-bond acceptors (Lipinski definition) is 3. The van der Waals surface area contributed by atoms with Crippen LogP contribution in [0.3, 0.4) is 0 Å². The van der Waals surface area contributed by atoms with Crippen LogP contribution >= 0.6 is 11.6 Å². The van der Waals surface area contributed by atoms with Crippen LogP contribution < -0.4 is 10.9 Å². The number of amides is 1. The third-order valence-electron chi connectivity index (χ3n) is 5.27. The number of aryl methyl sites for hydroxylation is 4. The van der Waals surface area contributed by atoms with Crippen LogP contribution in [-0.2, 0) is 11.3 Å². The maximum absolute atomic E-state index is 12.9. The lowest BCUT2D eigenvalue weighted by atomic mass is 10.1. The first kappa shape index (κ1) is 20.9. The Labute approximate surface area is 185 Å². The monoisotopic (exact) mass is 434 g/mol. The molecule has 7 heteroatoms. The molecule has 4 aromatic rings. The van der Waals surface area contributed by atoms with Gasteiger partial charge in [-0.1, -0.05) is 35.4 Å². The number of anilines is 1. The molecule has 0 unspecified atom stereocenters. The van der Waals surface area contributed by atoms with Crippen LogP contribution in [0.15, 0.2) is 53.3 Å². The van der Waals surface area contributed by atoms with E-state index in [1.54, 1.807) is 22.9 Å². The van der Waals surface area contributed by atoms with Gasteiger partial charge in [0.05, 0.1) is 22.1 Å². The fourth-order valence-corrected chi connectivity index (χ4v) is 4.02. The molecule has 158 valence electrons. The average molecular weight is 435 g/mol. The molecule has 0 fully saturated rings. The number of pyridine rings is 1. The second-order valence-corrected chi connectivity index (χ2v) is 8.22. The highest BCUT2D eigenvalue weighted by atomic mass is 35.5. The maximum atomic E-state index is 12.9. The molecule has 31 heavy (non-hydrogen) atoms. The SMILES string of the molecule is Cc1ccc(-n2nc(C)c3c(C)cc(=O)n(CC(=O)Nc4ccc(C)cc4Cl)c32)cc1. The van der Waals surface area contributed by atoms with E-state index >= 15 is 0 Å². The quantitative estimate of drug-likeness (QED) is 0.505. The van der Waals surface area contributed by atoms with Gasteiger partial charge < -0.3 is 5.32 Å². The van der Waals surface area contributed by atoms with Gasteiger partial charge in [0.2, 0.25) is 5.91 Å². The molecule has 0 bridgehead atoms. The van der Waals surface area contributed by atoms with Crippen molar-refractivity contribution < 1.29 is 4.79 Å². The number of halogens is 1. The summed E-state index contributed by atoms with van der Waals surface area (Å²) < 4.78 is 3.18. The largest absolute Gasteiger partial charge is 0.323 e. The molecule has 1 amide bonds. The molecule has 0 radical (unpaired) electrons. The molecule has 4 rings (SSSR count). The number of fused-ring (bicyclic) bond motifs is 1. The molecule has 0 aliphatic carbocycles. The van der Waals surface area contributed by atoms with E-state index < -0.39 is 0 Å². The van der Waals surface area contributed by atoms with Gasteiger partial charge in [0, 0.05) is 11.5 Å². The number of rotatable bonds is 4. The van der Waals surface area contributed by atoms with E-state index in [0.717, 1.165) is 33.5 Å². The highest BCUT2D eigenvalue weighted by Gasteiger charge is 2.19. The maximum Gasteiger partial charge on any atom is 0.252 e. The molecular formula is C24H23ClN4O2. The first-order valence-corrected chi connectivity index (χ1v) is 10.3. The van der Waals surface area contributed by atoms with Crippen LogP contribution in [0.1, 0.15) is 22.4 Å². The number of carbonyl (C=O) groups excluding carboxylic acids is 1. The van der Waals surface area contributed by atoms with E-state index in [4.69, 9.17) is 11.6 Å². The molecule has 2 heterocycles. The van der Waals surface area contributed by atoms with Crippen molar-refractivity contribution in [1.29, 1.82) is 0 Å². The number of nitrogens with zero attached hydrogens (tertiary/aromatic N) is 3. The van der Waals surface area contributed by atoms with E-state index in [0.29, 0.717) is 16.4 Å². The van der Waals surface area contributed by atoms with Crippen molar-refractivity contribution in [3.63, 3.8) is 0 Å². The Kier molecular flexibility index (Phi) is 5.41. The van der Waals surface area contributed by atoms with Crippen LogP contribution in [0.5, 0.6) is 0 Å². The standard InChI is InChI=1S/C24H23ClN4O2/c1-14-5-8-18(9-6-14)29-24-23(17(4)27-29)16(3)12-22(31)28(24)13-21(30)26-20-10-7-15(2)11-19(20)25/h5-12H,13H2,1-4H3,(H,26,30).